The van der Waals surface area contributed by atoms with Gasteiger partial charge in [-0.1, -0.05) is 12.1 Å². The number of aliphatic carboxylic acids is 1. The van der Waals surface area contributed by atoms with E-state index in [0.717, 1.165) is 11.4 Å². The van der Waals surface area contributed by atoms with Gasteiger partial charge in [0.2, 0.25) is 5.91 Å². The van der Waals surface area contributed by atoms with Gasteiger partial charge in [0.25, 0.3) is 0 Å². The number of hydrogen-bond acceptors (Lipinski definition) is 7. The average molecular weight is 380 g/mol. The number of rotatable bonds is 13. The quantitative estimate of drug-likeness (QED) is 0.407. The number of anilines is 2. The minimum atomic E-state index is -0.971. The molecule has 1 unspecified atom stereocenters. The van der Waals surface area contributed by atoms with Crippen LogP contribution in [0.4, 0.5) is 11.4 Å². The summed E-state index contributed by atoms with van der Waals surface area (Å²) in [6.07, 6.45) is 0.198. The summed E-state index contributed by atoms with van der Waals surface area (Å²) in [6, 6.07) is 6.81. The summed E-state index contributed by atoms with van der Waals surface area (Å²) in [5.74, 6) is -1.47. The Labute approximate surface area is 158 Å². The molecular weight excluding hydrogens is 352 g/mol. The van der Waals surface area contributed by atoms with Gasteiger partial charge >= 0.3 is 5.97 Å². The molecule has 27 heavy (non-hydrogen) atoms. The predicted molar refractivity (Wildman–Crippen MR) is 102 cm³/mol. The van der Waals surface area contributed by atoms with E-state index in [1.807, 2.05) is 24.3 Å². The number of nitrogens with two attached hydrogens (primary N) is 2. The van der Waals surface area contributed by atoms with Gasteiger partial charge in [-0.2, -0.15) is 0 Å². The second-order valence-electron chi connectivity index (χ2n) is 6.24. The lowest BCUT2D eigenvalue weighted by Gasteiger charge is -2.27. The number of ether oxygens (including phenoxy) is 2. The Morgan fingerprint density at radius 3 is 2.41 bits per heavy atom. The first kappa shape index (κ1) is 20.9. The summed E-state index contributed by atoms with van der Waals surface area (Å²) in [5.41, 5.74) is 12.3. The molecule has 1 aromatic rings. The molecule has 150 valence electrons. The van der Waals surface area contributed by atoms with Crippen molar-refractivity contribution < 1.29 is 24.2 Å². The van der Waals surface area contributed by atoms with Crippen LogP contribution < -0.4 is 21.3 Å². The van der Waals surface area contributed by atoms with Gasteiger partial charge in [-0.3, -0.25) is 4.79 Å². The number of fused-ring (bicyclic) bond motifs is 1. The molecule has 1 amide bonds. The molecule has 0 aromatic heterocycles. The number of benzene rings is 1. The number of primary amides is 1. The van der Waals surface area contributed by atoms with Crippen molar-refractivity contribution in [2.24, 2.45) is 11.5 Å². The van der Waals surface area contributed by atoms with Gasteiger partial charge in [-0.15, -0.1) is 0 Å². The molecule has 9 heteroatoms. The molecule has 0 radical (unpaired) electrons. The third-order valence-corrected chi connectivity index (χ3v) is 4.32. The van der Waals surface area contributed by atoms with Gasteiger partial charge in [-0.25, -0.2) is 4.79 Å². The summed E-state index contributed by atoms with van der Waals surface area (Å²) in [5, 5.41) is 9.62. The van der Waals surface area contributed by atoms with Crippen LogP contribution in [0.3, 0.4) is 0 Å². The van der Waals surface area contributed by atoms with E-state index >= 15 is 0 Å². The number of hydrogen-bond donors (Lipinski definition) is 3. The van der Waals surface area contributed by atoms with Crippen molar-refractivity contribution in [3.8, 4) is 0 Å². The fraction of sp³-hybridized carbons (Fsp3) is 0.556. The van der Waals surface area contributed by atoms with Gasteiger partial charge in [-0.05, 0) is 18.6 Å². The highest BCUT2D eigenvalue weighted by Crippen LogP contribution is 2.37. The Hall–Kier alpha value is -2.36. The van der Waals surface area contributed by atoms with Crippen LogP contribution in [-0.4, -0.2) is 69.2 Å². The summed E-state index contributed by atoms with van der Waals surface area (Å²) in [6.45, 7) is 3.51. The Morgan fingerprint density at radius 2 is 1.78 bits per heavy atom. The highest BCUT2D eigenvalue weighted by atomic mass is 16.5. The van der Waals surface area contributed by atoms with Crippen molar-refractivity contribution in [1.82, 2.24) is 0 Å². The molecule has 0 spiro atoms. The lowest BCUT2D eigenvalue weighted by molar-refractivity contribution is -0.138. The van der Waals surface area contributed by atoms with E-state index in [0.29, 0.717) is 46.2 Å². The maximum Gasteiger partial charge on any atom is 0.326 e. The molecule has 0 fully saturated rings. The minimum Gasteiger partial charge on any atom is -0.480 e. The van der Waals surface area contributed by atoms with Crippen molar-refractivity contribution in [1.29, 1.82) is 0 Å². The predicted octanol–water partition coefficient (Wildman–Crippen LogP) is -0.0189. The molecule has 5 N–H and O–H groups in total. The number of nitrogens with zero attached hydrogens (tertiary/aromatic N) is 2. The third kappa shape index (κ3) is 6.09. The van der Waals surface area contributed by atoms with E-state index in [9.17, 15) is 14.7 Å². The second-order valence-corrected chi connectivity index (χ2v) is 6.24. The molecule has 1 heterocycles. The van der Waals surface area contributed by atoms with E-state index in [2.05, 4.69) is 4.90 Å². The molecular formula is C18H28N4O5. The number of amides is 1. The van der Waals surface area contributed by atoms with Crippen molar-refractivity contribution in [3.63, 3.8) is 0 Å². The highest BCUT2D eigenvalue weighted by molar-refractivity contribution is 5.85. The molecule has 0 aliphatic carbocycles. The molecule has 0 saturated heterocycles. The maximum atomic E-state index is 11.7. The molecule has 0 bridgehead atoms. The fourth-order valence-corrected chi connectivity index (χ4v) is 3.04. The standard InChI is InChI=1S/C18H28N4O5/c19-7-9-26-11-12-27-10-8-21-13-22(15-4-2-1-3-14(15)21)16(18(24)25)5-6-17(20)23/h1-4,16H,5-13,19H2,(H2,20,23)(H,24,25). The fourth-order valence-electron chi connectivity index (χ4n) is 3.04. The van der Waals surface area contributed by atoms with Gasteiger partial charge in [0, 0.05) is 19.5 Å². The summed E-state index contributed by atoms with van der Waals surface area (Å²) < 4.78 is 10.8. The summed E-state index contributed by atoms with van der Waals surface area (Å²) in [7, 11) is 0. The second kappa shape index (κ2) is 10.7. The van der Waals surface area contributed by atoms with E-state index in [1.54, 1.807) is 4.90 Å². The van der Waals surface area contributed by atoms with Crippen molar-refractivity contribution in [2.45, 2.75) is 18.9 Å². The Balaban J connectivity index is 1.95. The SMILES string of the molecule is NCCOCCOCCN1CN(C(CCC(N)=O)C(=O)O)c2ccccc21. The number of para-hydroxylation sites is 2. The van der Waals surface area contributed by atoms with Gasteiger partial charge < -0.3 is 35.8 Å². The van der Waals surface area contributed by atoms with Crippen LogP contribution in [0.2, 0.25) is 0 Å². The van der Waals surface area contributed by atoms with E-state index in [1.165, 1.54) is 0 Å². The van der Waals surface area contributed by atoms with Crippen LogP contribution >= 0.6 is 0 Å². The highest BCUT2D eigenvalue weighted by Gasteiger charge is 2.34. The number of carboxylic acids is 1. The molecule has 0 saturated carbocycles. The van der Waals surface area contributed by atoms with Crippen LogP contribution in [0.5, 0.6) is 0 Å². The Morgan fingerprint density at radius 1 is 1.11 bits per heavy atom. The lowest BCUT2D eigenvalue weighted by Crippen LogP contribution is -2.44. The first-order chi connectivity index (χ1) is 13.0. The van der Waals surface area contributed by atoms with Crippen LogP contribution in [0.15, 0.2) is 24.3 Å². The first-order valence-corrected chi connectivity index (χ1v) is 9.02. The topological polar surface area (TPSA) is 131 Å². The van der Waals surface area contributed by atoms with Crippen LogP contribution in [0.1, 0.15) is 12.8 Å². The van der Waals surface area contributed by atoms with E-state index in [-0.39, 0.29) is 12.8 Å². The van der Waals surface area contributed by atoms with Crippen molar-refractivity contribution in [3.05, 3.63) is 24.3 Å². The molecule has 1 atom stereocenters. The van der Waals surface area contributed by atoms with Crippen LogP contribution in [0, 0.1) is 0 Å². The molecule has 1 aliphatic heterocycles. The smallest absolute Gasteiger partial charge is 0.326 e. The normalized spacial score (nSPS) is 14.3. The molecule has 9 nitrogen and oxygen atoms in total. The number of carbonyl (C=O) groups excluding carboxylic acids is 1. The first-order valence-electron chi connectivity index (χ1n) is 9.02. The zero-order valence-corrected chi connectivity index (χ0v) is 15.4. The van der Waals surface area contributed by atoms with E-state index in [4.69, 9.17) is 20.9 Å². The van der Waals surface area contributed by atoms with Crippen molar-refractivity contribution >= 4 is 23.3 Å². The summed E-state index contributed by atoms with van der Waals surface area (Å²) >= 11 is 0. The zero-order valence-electron chi connectivity index (χ0n) is 15.4. The largest absolute Gasteiger partial charge is 0.480 e. The van der Waals surface area contributed by atoms with Gasteiger partial charge in [0.1, 0.15) is 6.04 Å². The number of carboxylic acid groups (broad SMARTS) is 1. The molecule has 2 rings (SSSR count). The summed E-state index contributed by atoms with van der Waals surface area (Å²) in [4.78, 5) is 26.7. The number of carbonyl (C=O) groups is 2. The molecule has 1 aliphatic rings. The van der Waals surface area contributed by atoms with Crippen molar-refractivity contribution in [2.75, 3.05) is 56.0 Å². The van der Waals surface area contributed by atoms with Gasteiger partial charge in [0.15, 0.2) is 0 Å². The van der Waals surface area contributed by atoms with Crippen LogP contribution in [-0.2, 0) is 19.1 Å². The minimum absolute atomic E-state index is 0.0293. The zero-order chi connectivity index (χ0) is 19.6. The average Bonchev–Trinajstić information content (AvgIpc) is 2.99. The van der Waals surface area contributed by atoms with E-state index < -0.39 is 17.9 Å². The monoisotopic (exact) mass is 380 g/mol. The van der Waals surface area contributed by atoms with Crippen LogP contribution in [0.25, 0.3) is 0 Å². The maximum absolute atomic E-state index is 11.7. The van der Waals surface area contributed by atoms with Gasteiger partial charge in [0.05, 0.1) is 44.5 Å². The lowest BCUT2D eigenvalue weighted by atomic mass is 10.1. The molecule has 1 aromatic carbocycles. The Kier molecular flexibility index (Phi) is 8.31. The third-order valence-electron chi connectivity index (χ3n) is 4.32. The Bertz CT molecular complexity index is 628.